The summed E-state index contributed by atoms with van der Waals surface area (Å²) in [5, 5.41) is 0. The Morgan fingerprint density at radius 2 is 1.83 bits per heavy atom. The molecule has 2 aliphatic rings. The van der Waals surface area contributed by atoms with Crippen LogP contribution in [-0.4, -0.2) is 39.9 Å². The molecule has 0 bridgehead atoms. The molecule has 1 saturated heterocycles. The second-order valence-corrected chi connectivity index (χ2v) is 10.5. The van der Waals surface area contributed by atoms with Gasteiger partial charge in [0.2, 0.25) is 0 Å². The number of rotatable bonds is 5. The molecule has 1 aromatic carbocycles. The SMILES string of the molecule is CC(C)(C)[S@+]([O-])N[C@@H]1CCC12CCN(CCc1ccccc1)CC2. The number of nitrogens with one attached hydrogen (secondary N) is 1. The van der Waals surface area contributed by atoms with Crippen molar-refractivity contribution in [1.82, 2.24) is 9.62 Å². The summed E-state index contributed by atoms with van der Waals surface area (Å²) in [4.78, 5) is 2.61. The van der Waals surface area contributed by atoms with Crippen LogP contribution >= 0.6 is 0 Å². The van der Waals surface area contributed by atoms with E-state index in [1.807, 2.05) is 20.8 Å². The van der Waals surface area contributed by atoms with Gasteiger partial charge in [0.1, 0.15) is 4.75 Å². The first-order valence-electron chi connectivity index (χ1n) is 9.33. The van der Waals surface area contributed by atoms with Crippen molar-refractivity contribution < 1.29 is 4.55 Å². The summed E-state index contributed by atoms with van der Waals surface area (Å²) in [5.41, 5.74) is 1.84. The van der Waals surface area contributed by atoms with Crippen molar-refractivity contribution in [3.8, 4) is 0 Å². The molecule has 1 N–H and O–H groups in total. The van der Waals surface area contributed by atoms with E-state index in [0.717, 1.165) is 13.0 Å². The molecule has 1 saturated carbocycles. The zero-order chi connectivity index (χ0) is 17.2. The van der Waals surface area contributed by atoms with Crippen LogP contribution in [0.25, 0.3) is 0 Å². The normalized spacial score (nSPS) is 25.4. The molecule has 24 heavy (non-hydrogen) atoms. The third-order valence-electron chi connectivity index (χ3n) is 5.89. The number of piperidine rings is 1. The summed E-state index contributed by atoms with van der Waals surface area (Å²) in [7, 11) is 0. The van der Waals surface area contributed by atoms with Crippen LogP contribution in [0.4, 0.5) is 0 Å². The summed E-state index contributed by atoms with van der Waals surface area (Å²) >= 11 is -0.944. The van der Waals surface area contributed by atoms with Crippen molar-refractivity contribution in [3.05, 3.63) is 35.9 Å². The highest BCUT2D eigenvalue weighted by atomic mass is 32.2. The molecule has 2 atom stereocenters. The summed E-state index contributed by atoms with van der Waals surface area (Å²) in [6.45, 7) is 9.68. The highest BCUT2D eigenvalue weighted by Crippen LogP contribution is 2.49. The lowest BCUT2D eigenvalue weighted by Crippen LogP contribution is -2.60. The second kappa shape index (κ2) is 7.36. The molecule has 3 rings (SSSR count). The van der Waals surface area contributed by atoms with Gasteiger partial charge in [0.25, 0.3) is 0 Å². The van der Waals surface area contributed by atoms with Gasteiger partial charge in [-0.1, -0.05) is 30.3 Å². The van der Waals surface area contributed by atoms with Crippen LogP contribution in [0.5, 0.6) is 0 Å². The fourth-order valence-electron chi connectivity index (χ4n) is 3.94. The van der Waals surface area contributed by atoms with Crippen LogP contribution in [0.3, 0.4) is 0 Å². The summed E-state index contributed by atoms with van der Waals surface area (Å²) in [5.74, 6) is 0. The minimum absolute atomic E-state index is 0.173. The Hall–Kier alpha value is -0.550. The van der Waals surface area contributed by atoms with Crippen LogP contribution in [-0.2, 0) is 17.8 Å². The van der Waals surface area contributed by atoms with Gasteiger partial charge in [-0.2, -0.15) is 0 Å². The number of nitrogens with zero attached hydrogens (tertiary/aromatic N) is 1. The average molecular weight is 349 g/mol. The standard InChI is InChI=1S/C20H32N2OS/c1-19(2,3)24(23)21-18-9-11-20(18)12-15-22(16-13-20)14-10-17-7-5-4-6-8-17/h4-8,18,21H,9-16H2,1-3H3/t18-,24+/m1/s1. The third-order valence-corrected chi connectivity index (χ3v) is 7.50. The monoisotopic (exact) mass is 348 g/mol. The van der Waals surface area contributed by atoms with E-state index < -0.39 is 11.4 Å². The first kappa shape index (κ1) is 18.2. The smallest absolute Gasteiger partial charge is 0.136 e. The lowest BCUT2D eigenvalue weighted by molar-refractivity contribution is 0.00322. The molecule has 1 aromatic rings. The first-order valence-corrected chi connectivity index (χ1v) is 10.5. The Labute approximate surface area is 150 Å². The summed E-state index contributed by atoms with van der Waals surface area (Å²) in [6.07, 6.45) is 6.13. The van der Waals surface area contributed by atoms with Gasteiger partial charge in [-0.05, 0) is 76.9 Å². The largest absolute Gasteiger partial charge is 0.598 e. The van der Waals surface area contributed by atoms with Crippen LogP contribution in [0.1, 0.15) is 52.0 Å². The maximum absolute atomic E-state index is 12.4. The molecule has 0 unspecified atom stereocenters. The third kappa shape index (κ3) is 4.16. The van der Waals surface area contributed by atoms with Gasteiger partial charge >= 0.3 is 0 Å². The van der Waals surface area contributed by atoms with Gasteiger partial charge in [0.15, 0.2) is 0 Å². The molecule has 1 heterocycles. The number of hydrogen-bond donors (Lipinski definition) is 1. The van der Waals surface area contributed by atoms with Crippen molar-refractivity contribution >= 4 is 11.4 Å². The fraction of sp³-hybridized carbons (Fsp3) is 0.700. The molecular weight excluding hydrogens is 316 g/mol. The summed E-state index contributed by atoms with van der Waals surface area (Å²) < 4.78 is 15.7. The number of hydrogen-bond acceptors (Lipinski definition) is 3. The van der Waals surface area contributed by atoms with Crippen molar-refractivity contribution in [2.45, 2.75) is 63.7 Å². The van der Waals surface area contributed by atoms with E-state index in [2.05, 4.69) is 40.0 Å². The topological polar surface area (TPSA) is 38.3 Å². The highest BCUT2D eigenvalue weighted by Gasteiger charge is 2.50. The molecule has 3 nitrogen and oxygen atoms in total. The molecule has 1 spiro atoms. The van der Waals surface area contributed by atoms with Gasteiger partial charge in [0.05, 0.1) is 6.04 Å². The van der Waals surface area contributed by atoms with Crippen LogP contribution in [0, 0.1) is 5.41 Å². The molecule has 1 aliphatic carbocycles. The maximum atomic E-state index is 12.4. The van der Waals surface area contributed by atoms with Crippen LogP contribution in [0.15, 0.2) is 30.3 Å². The van der Waals surface area contributed by atoms with Gasteiger partial charge in [-0.25, -0.2) is 0 Å². The van der Waals surface area contributed by atoms with E-state index in [1.54, 1.807) is 0 Å². The molecule has 4 heteroatoms. The fourth-order valence-corrected chi connectivity index (χ4v) is 4.92. The lowest BCUT2D eigenvalue weighted by atomic mass is 9.59. The minimum Gasteiger partial charge on any atom is -0.598 e. The first-order chi connectivity index (χ1) is 11.4. The Morgan fingerprint density at radius 1 is 1.17 bits per heavy atom. The Morgan fingerprint density at radius 3 is 2.38 bits per heavy atom. The quantitative estimate of drug-likeness (QED) is 0.827. The number of likely N-dealkylation sites (tertiary alicyclic amines) is 1. The molecule has 134 valence electrons. The molecule has 0 amide bonds. The predicted molar refractivity (Wildman–Crippen MR) is 102 cm³/mol. The van der Waals surface area contributed by atoms with Crippen molar-refractivity contribution in [2.75, 3.05) is 19.6 Å². The Kier molecular flexibility index (Phi) is 5.60. The van der Waals surface area contributed by atoms with Crippen LogP contribution in [0.2, 0.25) is 0 Å². The van der Waals surface area contributed by atoms with Gasteiger partial charge in [-0.15, -0.1) is 4.72 Å². The van der Waals surface area contributed by atoms with Gasteiger partial charge < -0.3 is 9.45 Å². The Bertz CT molecular complexity index is 520. The predicted octanol–water partition coefficient (Wildman–Crippen LogP) is 3.53. The van der Waals surface area contributed by atoms with E-state index in [9.17, 15) is 4.55 Å². The maximum Gasteiger partial charge on any atom is 0.136 e. The summed E-state index contributed by atoms with van der Waals surface area (Å²) in [6, 6.07) is 11.2. The molecular formula is C20H32N2OS. The molecule has 2 fully saturated rings. The number of benzene rings is 1. The van der Waals surface area contributed by atoms with Gasteiger partial charge in [-0.3, -0.25) is 0 Å². The van der Waals surface area contributed by atoms with E-state index in [1.165, 1.54) is 44.3 Å². The molecule has 0 radical (unpaired) electrons. The Balaban J connectivity index is 1.46. The van der Waals surface area contributed by atoms with E-state index >= 15 is 0 Å². The highest BCUT2D eigenvalue weighted by molar-refractivity contribution is 7.90. The average Bonchev–Trinajstić information content (AvgIpc) is 2.57. The van der Waals surface area contributed by atoms with Crippen molar-refractivity contribution in [3.63, 3.8) is 0 Å². The van der Waals surface area contributed by atoms with E-state index in [0.29, 0.717) is 11.5 Å². The minimum atomic E-state index is -0.944. The van der Waals surface area contributed by atoms with Crippen molar-refractivity contribution in [2.24, 2.45) is 5.41 Å². The molecule has 1 aliphatic heterocycles. The second-order valence-electron chi connectivity index (χ2n) is 8.53. The van der Waals surface area contributed by atoms with Gasteiger partial charge in [0, 0.05) is 17.9 Å². The lowest BCUT2D eigenvalue weighted by Gasteiger charge is -2.54. The van der Waals surface area contributed by atoms with E-state index in [-0.39, 0.29) is 4.75 Å². The van der Waals surface area contributed by atoms with Crippen molar-refractivity contribution in [1.29, 1.82) is 0 Å². The molecule has 0 aromatic heterocycles. The van der Waals surface area contributed by atoms with E-state index in [4.69, 9.17) is 0 Å². The van der Waals surface area contributed by atoms with Crippen LogP contribution < -0.4 is 4.72 Å². The zero-order valence-corrected chi connectivity index (χ0v) is 16.2. The zero-order valence-electron chi connectivity index (χ0n) is 15.4.